The molecule has 1 N–H and O–H groups in total. The molecule has 0 fully saturated rings. The predicted octanol–water partition coefficient (Wildman–Crippen LogP) is 4.00. The summed E-state index contributed by atoms with van der Waals surface area (Å²) >= 11 is 1.76. The van der Waals surface area contributed by atoms with Crippen LogP contribution in [0.15, 0.2) is 30.3 Å². The molecular formula is C17H20N4S. The van der Waals surface area contributed by atoms with Crippen LogP contribution in [0.25, 0.3) is 10.2 Å². The van der Waals surface area contributed by atoms with Gasteiger partial charge in [0.05, 0.1) is 15.2 Å². The maximum atomic E-state index is 4.69. The summed E-state index contributed by atoms with van der Waals surface area (Å²) in [5.41, 5.74) is 2.16. The van der Waals surface area contributed by atoms with Gasteiger partial charge in [-0.2, -0.15) is 0 Å². The Balaban J connectivity index is 1.71. The summed E-state index contributed by atoms with van der Waals surface area (Å²) in [6, 6.07) is 10.6. The number of benzene rings is 1. The third kappa shape index (κ3) is 3.42. The molecule has 0 aliphatic rings. The fraction of sp³-hybridized carbons (Fsp3) is 0.353. The van der Waals surface area contributed by atoms with E-state index in [0.29, 0.717) is 0 Å². The van der Waals surface area contributed by atoms with Crippen molar-refractivity contribution in [1.82, 2.24) is 15.0 Å². The van der Waals surface area contributed by atoms with Gasteiger partial charge in [-0.3, -0.25) is 0 Å². The highest BCUT2D eigenvalue weighted by molar-refractivity contribution is 7.18. The number of aryl methyl sites for hydroxylation is 2. The van der Waals surface area contributed by atoms with Crippen molar-refractivity contribution in [2.45, 2.75) is 39.7 Å². The SMILES string of the molecule is CCc1cc(NC(C)Cc2nc3ccccc3s2)nc(C)n1. The lowest BCUT2D eigenvalue weighted by atomic mass is 10.2. The molecule has 0 saturated carbocycles. The minimum Gasteiger partial charge on any atom is -0.367 e. The Morgan fingerprint density at radius 1 is 1.18 bits per heavy atom. The van der Waals surface area contributed by atoms with Crippen molar-refractivity contribution in [3.05, 3.63) is 46.9 Å². The quantitative estimate of drug-likeness (QED) is 0.773. The van der Waals surface area contributed by atoms with E-state index >= 15 is 0 Å². The Hall–Kier alpha value is -2.01. The fourth-order valence-corrected chi connectivity index (χ4v) is 3.55. The number of hydrogen-bond acceptors (Lipinski definition) is 5. The molecule has 0 aliphatic carbocycles. The van der Waals surface area contributed by atoms with Crippen LogP contribution in [0.4, 0.5) is 5.82 Å². The molecule has 3 rings (SSSR count). The van der Waals surface area contributed by atoms with Gasteiger partial charge >= 0.3 is 0 Å². The largest absolute Gasteiger partial charge is 0.367 e. The van der Waals surface area contributed by atoms with Gasteiger partial charge in [-0.05, 0) is 32.4 Å². The first-order valence-electron chi connectivity index (χ1n) is 7.59. The molecule has 2 aromatic heterocycles. The Morgan fingerprint density at radius 3 is 2.77 bits per heavy atom. The lowest BCUT2D eigenvalue weighted by Crippen LogP contribution is -2.19. The minimum absolute atomic E-state index is 0.277. The van der Waals surface area contributed by atoms with Crippen molar-refractivity contribution in [2.24, 2.45) is 0 Å². The van der Waals surface area contributed by atoms with E-state index in [1.165, 1.54) is 4.70 Å². The van der Waals surface area contributed by atoms with Crippen LogP contribution in [0.1, 0.15) is 30.4 Å². The molecule has 0 spiro atoms. The lowest BCUT2D eigenvalue weighted by molar-refractivity contribution is 0.776. The monoisotopic (exact) mass is 312 g/mol. The maximum Gasteiger partial charge on any atom is 0.130 e. The van der Waals surface area contributed by atoms with Crippen LogP contribution >= 0.6 is 11.3 Å². The van der Waals surface area contributed by atoms with Crippen LogP contribution in [0.5, 0.6) is 0 Å². The Bertz CT molecular complexity index is 748. The molecule has 1 aromatic carbocycles. The zero-order valence-corrected chi connectivity index (χ0v) is 13.9. The van der Waals surface area contributed by atoms with Gasteiger partial charge in [0, 0.05) is 24.2 Å². The summed E-state index contributed by atoms with van der Waals surface area (Å²) in [6.07, 6.45) is 1.81. The lowest BCUT2D eigenvalue weighted by Gasteiger charge is -2.14. The molecule has 0 aliphatic heterocycles. The third-order valence-electron chi connectivity index (χ3n) is 3.47. The molecule has 0 amide bonds. The number of rotatable bonds is 5. The number of nitrogens with zero attached hydrogens (tertiary/aromatic N) is 3. The minimum atomic E-state index is 0.277. The Morgan fingerprint density at radius 2 is 2.00 bits per heavy atom. The summed E-state index contributed by atoms with van der Waals surface area (Å²) in [7, 11) is 0. The molecule has 5 heteroatoms. The molecule has 22 heavy (non-hydrogen) atoms. The number of hydrogen-bond donors (Lipinski definition) is 1. The molecular weight excluding hydrogens is 292 g/mol. The third-order valence-corrected chi connectivity index (χ3v) is 4.53. The van der Waals surface area contributed by atoms with Gasteiger partial charge in [-0.1, -0.05) is 19.1 Å². The molecule has 0 radical (unpaired) electrons. The van der Waals surface area contributed by atoms with Gasteiger partial charge < -0.3 is 5.32 Å². The summed E-state index contributed by atoms with van der Waals surface area (Å²) in [5.74, 6) is 1.71. The van der Waals surface area contributed by atoms with E-state index < -0.39 is 0 Å². The number of nitrogens with one attached hydrogen (secondary N) is 1. The number of aromatic nitrogens is 3. The Labute approximate surface area is 134 Å². The van der Waals surface area contributed by atoms with E-state index in [2.05, 4.69) is 47.3 Å². The average Bonchev–Trinajstić information content (AvgIpc) is 2.88. The Kier molecular flexibility index (Phi) is 4.34. The molecule has 4 nitrogen and oxygen atoms in total. The maximum absolute atomic E-state index is 4.69. The van der Waals surface area contributed by atoms with Crippen molar-refractivity contribution in [1.29, 1.82) is 0 Å². The van der Waals surface area contributed by atoms with E-state index in [4.69, 9.17) is 4.98 Å². The second kappa shape index (κ2) is 6.40. The first-order valence-corrected chi connectivity index (χ1v) is 8.41. The zero-order valence-electron chi connectivity index (χ0n) is 13.1. The normalized spacial score (nSPS) is 12.5. The van der Waals surface area contributed by atoms with Gasteiger partial charge in [0.2, 0.25) is 0 Å². The molecule has 0 bridgehead atoms. The first kappa shape index (κ1) is 14.9. The summed E-state index contributed by atoms with van der Waals surface area (Å²) in [5, 5.41) is 4.62. The number of thiazole rings is 1. The highest BCUT2D eigenvalue weighted by atomic mass is 32.1. The van der Waals surface area contributed by atoms with Crippen molar-refractivity contribution >= 4 is 27.4 Å². The second-order valence-electron chi connectivity index (χ2n) is 5.47. The zero-order chi connectivity index (χ0) is 15.5. The first-order chi connectivity index (χ1) is 10.6. The summed E-state index contributed by atoms with van der Waals surface area (Å²) in [4.78, 5) is 13.6. The van der Waals surface area contributed by atoms with E-state index in [1.54, 1.807) is 11.3 Å². The van der Waals surface area contributed by atoms with Crippen molar-refractivity contribution in [2.75, 3.05) is 5.32 Å². The van der Waals surface area contributed by atoms with Gasteiger partial charge in [0.15, 0.2) is 0 Å². The number of anilines is 1. The van der Waals surface area contributed by atoms with E-state index in [1.807, 2.05) is 19.1 Å². The van der Waals surface area contributed by atoms with Crippen LogP contribution in [0.2, 0.25) is 0 Å². The second-order valence-corrected chi connectivity index (χ2v) is 6.59. The standard InChI is InChI=1S/C17H20N4S/c1-4-13-10-16(20-12(3)19-13)18-11(2)9-17-21-14-7-5-6-8-15(14)22-17/h5-8,10-11H,4,9H2,1-3H3,(H,18,19,20). The van der Waals surface area contributed by atoms with E-state index in [-0.39, 0.29) is 6.04 Å². The van der Waals surface area contributed by atoms with Gasteiger partial charge in [0.1, 0.15) is 11.6 Å². The smallest absolute Gasteiger partial charge is 0.130 e. The topological polar surface area (TPSA) is 50.7 Å². The van der Waals surface area contributed by atoms with Crippen LogP contribution in [0.3, 0.4) is 0 Å². The molecule has 1 unspecified atom stereocenters. The molecule has 114 valence electrons. The molecule has 2 heterocycles. The van der Waals surface area contributed by atoms with Crippen LogP contribution in [-0.4, -0.2) is 21.0 Å². The van der Waals surface area contributed by atoms with Crippen LogP contribution < -0.4 is 5.32 Å². The highest BCUT2D eigenvalue weighted by Gasteiger charge is 2.10. The summed E-state index contributed by atoms with van der Waals surface area (Å²) in [6.45, 7) is 6.20. The number of para-hydroxylation sites is 1. The molecule has 0 saturated heterocycles. The number of fused-ring (bicyclic) bond motifs is 1. The van der Waals surface area contributed by atoms with Gasteiger partial charge in [0.25, 0.3) is 0 Å². The van der Waals surface area contributed by atoms with Crippen LogP contribution in [-0.2, 0) is 12.8 Å². The van der Waals surface area contributed by atoms with Crippen molar-refractivity contribution in [3.8, 4) is 0 Å². The fourth-order valence-electron chi connectivity index (χ4n) is 2.46. The van der Waals surface area contributed by atoms with Crippen molar-refractivity contribution in [3.63, 3.8) is 0 Å². The molecule has 1 atom stereocenters. The molecule has 3 aromatic rings. The summed E-state index contributed by atoms with van der Waals surface area (Å²) < 4.78 is 1.25. The van der Waals surface area contributed by atoms with E-state index in [0.717, 1.165) is 40.7 Å². The van der Waals surface area contributed by atoms with Gasteiger partial charge in [-0.15, -0.1) is 11.3 Å². The van der Waals surface area contributed by atoms with Crippen molar-refractivity contribution < 1.29 is 0 Å². The predicted molar refractivity (Wildman–Crippen MR) is 92.6 cm³/mol. The highest BCUT2D eigenvalue weighted by Crippen LogP contribution is 2.23. The van der Waals surface area contributed by atoms with E-state index in [9.17, 15) is 0 Å². The van der Waals surface area contributed by atoms with Gasteiger partial charge in [-0.25, -0.2) is 15.0 Å². The average molecular weight is 312 g/mol. The van der Waals surface area contributed by atoms with Crippen LogP contribution in [0, 0.1) is 6.92 Å².